The lowest BCUT2D eigenvalue weighted by molar-refractivity contribution is 0.0997. The van der Waals surface area contributed by atoms with Gasteiger partial charge in [-0.3, -0.25) is 4.79 Å². The Balaban J connectivity index is 2.24. The second kappa shape index (κ2) is 6.46. The Morgan fingerprint density at radius 1 is 1.21 bits per heavy atom. The Morgan fingerprint density at radius 3 is 2.67 bits per heavy atom. The Hall–Kier alpha value is -2.64. The molecule has 0 saturated carbocycles. The van der Waals surface area contributed by atoms with Gasteiger partial charge < -0.3 is 4.57 Å². The minimum atomic E-state index is -0.236. The first-order valence-electron chi connectivity index (χ1n) is 7.70. The van der Waals surface area contributed by atoms with Gasteiger partial charge in [-0.2, -0.15) is 4.99 Å². The van der Waals surface area contributed by atoms with E-state index in [4.69, 9.17) is 6.42 Å². The summed E-state index contributed by atoms with van der Waals surface area (Å²) in [5.74, 6) is 2.43. The van der Waals surface area contributed by atoms with E-state index in [0.717, 1.165) is 15.8 Å². The molecule has 3 nitrogen and oxygen atoms in total. The summed E-state index contributed by atoms with van der Waals surface area (Å²) in [5.41, 5.74) is 4.91. The Bertz CT molecular complexity index is 1050. The van der Waals surface area contributed by atoms with E-state index in [1.807, 2.05) is 29.7 Å². The summed E-state index contributed by atoms with van der Waals surface area (Å²) in [7, 11) is 0. The molecule has 0 aliphatic carbocycles. The number of terminal acetylenes is 1. The van der Waals surface area contributed by atoms with Crippen molar-refractivity contribution in [1.82, 2.24) is 4.57 Å². The molecule has 1 heterocycles. The van der Waals surface area contributed by atoms with Gasteiger partial charge in [0, 0.05) is 5.56 Å². The summed E-state index contributed by atoms with van der Waals surface area (Å²) in [6.45, 7) is 6.43. The molecule has 1 aromatic heterocycles. The van der Waals surface area contributed by atoms with Crippen LogP contribution >= 0.6 is 11.3 Å². The molecular formula is C20H18N2OS. The van der Waals surface area contributed by atoms with Gasteiger partial charge in [-0.05, 0) is 49.6 Å². The predicted molar refractivity (Wildman–Crippen MR) is 99.2 cm³/mol. The lowest BCUT2D eigenvalue weighted by atomic mass is 10.1. The van der Waals surface area contributed by atoms with Crippen LogP contribution in [0.25, 0.3) is 10.2 Å². The van der Waals surface area contributed by atoms with E-state index in [1.54, 1.807) is 6.07 Å². The van der Waals surface area contributed by atoms with Gasteiger partial charge >= 0.3 is 0 Å². The smallest absolute Gasteiger partial charge is 0.279 e. The highest BCUT2D eigenvalue weighted by Crippen LogP contribution is 2.23. The fourth-order valence-corrected chi connectivity index (χ4v) is 3.88. The number of hydrogen-bond acceptors (Lipinski definition) is 2. The number of rotatable bonds is 2. The van der Waals surface area contributed by atoms with Gasteiger partial charge in [0.15, 0.2) is 4.80 Å². The largest absolute Gasteiger partial charge is 0.305 e. The number of benzene rings is 2. The molecule has 0 aliphatic heterocycles. The van der Waals surface area contributed by atoms with Crippen molar-refractivity contribution in [2.24, 2.45) is 4.99 Å². The fourth-order valence-electron chi connectivity index (χ4n) is 2.80. The van der Waals surface area contributed by atoms with E-state index >= 15 is 0 Å². The highest BCUT2D eigenvalue weighted by Gasteiger charge is 2.12. The molecule has 0 saturated heterocycles. The summed E-state index contributed by atoms with van der Waals surface area (Å²) in [6, 6.07) is 11.7. The number of amides is 1. The molecule has 120 valence electrons. The Kier molecular flexibility index (Phi) is 4.37. The van der Waals surface area contributed by atoms with Gasteiger partial charge in [0.05, 0.1) is 16.8 Å². The number of thiazole rings is 1. The third-order valence-corrected chi connectivity index (χ3v) is 5.17. The molecule has 0 radical (unpaired) electrons. The number of hydrogen-bond donors (Lipinski definition) is 0. The summed E-state index contributed by atoms with van der Waals surface area (Å²) in [4.78, 5) is 17.6. The van der Waals surface area contributed by atoms with Gasteiger partial charge in [-0.25, -0.2) is 0 Å². The molecule has 1 amide bonds. The van der Waals surface area contributed by atoms with Crippen molar-refractivity contribution < 1.29 is 4.79 Å². The van der Waals surface area contributed by atoms with Crippen LogP contribution < -0.4 is 4.80 Å². The number of fused-ring (bicyclic) bond motifs is 1. The van der Waals surface area contributed by atoms with Crippen molar-refractivity contribution in [3.8, 4) is 12.3 Å². The third-order valence-electron chi connectivity index (χ3n) is 3.94. The van der Waals surface area contributed by atoms with Crippen LogP contribution in [0.5, 0.6) is 0 Å². The van der Waals surface area contributed by atoms with Crippen molar-refractivity contribution in [1.29, 1.82) is 0 Å². The van der Waals surface area contributed by atoms with E-state index in [0.29, 0.717) is 16.9 Å². The van der Waals surface area contributed by atoms with E-state index in [2.05, 4.69) is 36.9 Å². The number of carbonyl (C=O) groups excluding carboxylic acids is 1. The zero-order valence-corrected chi connectivity index (χ0v) is 14.8. The number of aromatic nitrogens is 1. The molecule has 0 bridgehead atoms. The topological polar surface area (TPSA) is 34.4 Å². The van der Waals surface area contributed by atoms with Crippen molar-refractivity contribution in [2.75, 3.05) is 0 Å². The van der Waals surface area contributed by atoms with Gasteiger partial charge in [-0.1, -0.05) is 41.5 Å². The van der Waals surface area contributed by atoms with Gasteiger partial charge in [0.1, 0.15) is 0 Å². The standard InChI is InChI=1S/C20H18N2OS/c1-5-10-22-17-12-13(2)11-15(4)18(17)24-20(22)21-19(23)16-9-7-6-8-14(16)3/h1,6-9,11-12H,10H2,2-4H3. The molecule has 0 spiro atoms. The number of nitrogens with zero attached hydrogens (tertiary/aromatic N) is 2. The van der Waals surface area contributed by atoms with Crippen molar-refractivity contribution in [2.45, 2.75) is 27.3 Å². The monoisotopic (exact) mass is 334 g/mol. The average Bonchev–Trinajstić information content (AvgIpc) is 2.86. The zero-order valence-electron chi connectivity index (χ0n) is 14.0. The van der Waals surface area contributed by atoms with E-state index in [-0.39, 0.29) is 5.91 Å². The molecule has 0 atom stereocenters. The fraction of sp³-hybridized carbons (Fsp3) is 0.200. The SMILES string of the molecule is C#CCn1c(=NC(=O)c2ccccc2C)sc2c(C)cc(C)cc21. The first-order chi connectivity index (χ1) is 11.5. The minimum absolute atomic E-state index is 0.236. The molecule has 3 rings (SSSR count). The van der Waals surface area contributed by atoms with Crippen LogP contribution in [0, 0.1) is 33.1 Å². The zero-order chi connectivity index (χ0) is 17.3. The summed E-state index contributed by atoms with van der Waals surface area (Å²) < 4.78 is 3.06. The second-order valence-corrected chi connectivity index (χ2v) is 6.81. The van der Waals surface area contributed by atoms with Gasteiger partial charge in [-0.15, -0.1) is 6.42 Å². The van der Waals surface area contributed by atoms with E-state index in [9.17, 15) is 4.79 Å². The Labute approximate surface area is 145 Å². The Morgan fingerprint density at radius 2 is 1.96 bits per heavy atom. The number of aryl methyl sites for hydroxylation is 3. The molecule has 0 N–H and O–H groups in total. The van der Waals surface area contributed by atoms with E-state index < -0.39 is 0 Å². The van der Waals surface area contributed by atoms with Crippen LogP contribution in [0.15, 0.2) is 41.4 Å². The average molecular weight is 334 g/mol. The van der Waals surface area contributed by atoms with E-state index in [1.165, 1.54) is 22.5 Å². The number of carbonyl (C=O) groups is 1. The molecule has 0 aliphatic rings. The maximum atomic E-state index is 12.6. The van der Waals surface area contributed by atoms with Crippen molar-refractivity contribution >= 4 is 27.5 Å². The molecule has 4 heteroatoms. The van der Waals surface area contributed by atoms with Crippen LogP contribution in [0.2, 0.25) is 0 Å². The molecule has 0 unspecified atom stereocenters. The molecule has 0 fully saturated rings. The van der Waals surface area contributed by atoms with Gasteiger partial charge in [0.2, 0.25) is 0 Å². The lowest BCUT2D eigenvalue weighted by Crippen LogP contribution is -2.16. The van der Waals surface area contributed by atoms with Crippen molar-refractivity contribution in [3.05, 3.63) is 63.5 Å². The maximum Gasteiger partial charge on any atom is 0.279 e. The maximum absolute atomic E-state index is 12.6. The van der Waals surface area contributed by atoms with Crippen LogP contribution in [-0.4, -0.2) is 10.5 Å². The lowest BCUT2D eigenvalue weighted by Gasteiger charge is -2.03. The second-order valence-electron chi connectivity index (χ2n) is 5.84. The minimum Gasteiger partial charge on any atom is -0.305 e. The normalized spacial score (nSPS) is 11.7. The summed E-state index contributed by atoms with van der Waals surface area (Å²) in [5, 5.41) is 0. The molecule has 24 heavy (non-hydrogen) atoms. The van der Waals surface area contributed by atoms with Crippen LogP contribution in [0.4, 0.5) is 0 Å². The molecule has 3 aromatic rings. The summed E-state index contributed by atoms with van der Waals surface area (Å²) in [6.07, 6.45) is 5.53. The first kappa shape index (κ1) is 16.2. The molecule has 2 aromatic carbocycles. The summed E-state index contributed by atoms with van der Waals surface area (Å²) >= 11 is 1.51. The van der Waals surface area contributed by atoms with Crippen LogP contribution in [-0.2, 0) is 6.54 Å². The van der Waals surface area contributed by atoms with Crippen LogP contribution in [0.1, 0.15) is 27.0 Å². The quantitative estimate of drug-likeness (QED) is 0.652. The highest BCUT2D eigenvalue weighted by molar-refractivity contribution is 7.16. The van der Waals surface area contributed by atoms with Crippen LogP contribution in [0.3, 0.4) is 0 Å². The van der Waals surface area contributed by atoms with Crippen molar-refractivity contribution in [3.63, 3.8) is 0 Å². The molecular weight excluding hydrogens is 316 g/mol. The van der Waals surface area contributed by atoms with Gasteiger partial charge in [0.25, 0.3) is 5.91 Å². The third kappa shape index (κ3) is 2.91. The highest BCUT2D eigenvalue weighted by atomic mass is 32.1. The predicted octanol–water partition coefficient (Wildman–Crippen LogP) is 4.00. The first-order valence-corrected chi connectivity index (χ1v) is 8.51.